The van der Waals surface area contributed by atoms with E-state index in [9.17, 15) is 13.2 Å². The first-order valence-corrected chi connectivity index (χ1v) is 10.5. The molecule has 4 rings (SSSR count). The number of hydrogen-bond acceptors (Lipinski definition) is 5. The predicted octanol–water partition coefficient (Wildman–Crippen LogP) is 3.79. The van der Waals surface area contributed by atoms with E-state index in [1.54, 1.807) is 42.5 Å². The SMILES string of the molecule is O=C(CCc1ccccc1)Oc1ccccc1NC1=NS(=O)(=O)c2ccccc21. The number of carbonyl (C=O) groups is 1. The Hall–Kier alpha value is -3.45. The quantitative estimate of drug-likeness (QED) is 0.515. The van der Waals surface area contributed by atoms with E-state index in [2.05, 4.69) is 9.71 Å². The Labute approximate surface area is 168 Å². The molecule has 0 spiro atoms. The first kappa shape index (κ1) is 18.9. The van der Waals surface area contributed by atoms with Crippen LogP contribution in [0.2, 0.25) is 0 Å². The highest BCUT2D eigenvalue weighted by molar-refractivity contribution is 7.90. The molecular weight excluding hydrogens is 388 g/mol. The molecule has 1 aliphatic heterocycles. The van der Waals surface area contributed by atoms with Crippen LogP contribution in [0.25, 0.3) is 0 Å². The summed E-state index contributed by atoms with van der Waals surface area (Å²) >= 11 is 0. The van der Waals surface area contributed by atoms with Gasteiger partial charge in [0.15, 0.2) is 11.6 Å². The number of carbonyl (C=O) groups excluding carboxylic acids is 1. The van der Waals surface area contributed by atoms with Gasteiger partial charge in [-0.25, -0.2) is 0 Å². The molecule has 0 fully saturated rings. The van der Waals surface area contributed by atoms with E-state index in [0.29, 0.717) is 23.4 Å². The summed E-state index contributed by atoms with van der Waals surface area (Å²) in [6, 6.07) is 23.1. The van der Waals surface area contributed by atoms with Gasteiger partial charge in [-0.05, 0) is 36.2 Å². The van der Waals surface area contributed by atoms with Crippen LogP contribution in [-0.2, 0) is 21.2 Å². The number of sulfonamides is 1. The highest BCUT2D eigenvalue weighted by atomic mass is 32.2. The Morgan fingerprint density at radius 3 is 2.41 bits per heavy atom. The summed E-state index contributed by atoms with van der Waals surface area (Å²) in [6.45, 7) is 0. The maximum atomic E-state index is 12.3. The van der Waals surface area contributed by atoms with Crippen molar-refractivity contribution in [2.24, 2.45) is 4.40 Å². The second-order valence-corrected chi connectivity index (χ2v) is 8.06. The van der Waals surface area contributed by atoms with E-state index in [4.69, 9.17) is 4.74 Å². The molecule has 0 saturated carbocycles. The molecule has 0 amide bonds. The van der Waals surface area contributed by atoms with Gasteiger partial charge in [-0.1, -0.05) is 54.6 Å². The van der Waals surface area contributed by atoms with Gasteiger partial charge in [0.05, 0.1) is 5.69 Å². The lowest BCUT2D eigenvalue weighted by Crippen LogP contribution is -2.14. The first-order chi connectivity index (χ1) is 14.0. The molecule has 1 aliphatic rings. The first-order valence-electron chi connectivity index (χ1n) is 9.08. The van der Waals surface area contributed by atoms with Crippen LogP contribution in [0.4, 0.5) is 5.69 Å². The van der Waals surface area contributed by atoms with Crippen molar-refractivity contribution in [3.8, 4) is 5.75 Å². The van der Waals surface area contributed by atoms with Crippen LogP contribution in [0.1, 0.15) is 17.5 Å². The normalized spacial score (nSPS) is 14.0. The highest BCUT2D eigenvalue weighted by Gasteiger charge is 2.28. The Morgan fingerprint density at radius 2 is 1.59 bits per heavy atom. The second kappa shape index (κ2) is 7.89. The summed E-state index contributed by atoms with van der Waals surface area (Å²) in [6.07, 6.45) is 0.810. The summed E-state index contributed by atoms with van der Waals surface area (Å²) in [4.78, 5) is 12.5. The summed E-state index contributed by atoms with van der Waals surface area (Å²) in [7, 11) is -3.73. The lowest BCUT2D eigenvalue weighted by atomic mass is 10.1. The third kappa shape index (κ3) is 4.20. The van der Waals surface area contributed by atoms with Gasteiger partial charge in [0.1, 0.15) is 4.90 Å². The highest BCUT2D eigenvalue weighted by Crippen LogP contribution is 2.30. The number of ether oxygens (including phenoxy) is 1. The van der Waals surface area contributed by atoms with Crippen LogP contribution in [0.3, 0.4) is 0 Å². The largest absolute Gasteiger partial charge is 0.424 e. The van der Waals surface area contributed by atoms with Crippen LogP contribution in [0.15, 0.2) is 88.2 Å². The van der Waals surface area contributed by atoms with Crippen molar-refractivity contribution in [3.63, 3.8) is 0 Å². The van der Waals surface area contributed by atoms with Gasteiger partial charge in [-0.2, -0.15) is 8.42 Å². The molecule has 0 aromatic heterocycles. The van der Waals surface area contributed by atoms with E-state index in [1.165, 1.54) is 6.07 Å². The maximum Gasteiger partial charge on any atom is 0.311 e. The molecule has 0 unspecified atom stereocenters. The average Bonchev–Trinajstić information content (AvgIpc) is 2.99. The summed E-state index contributed by atoms with van der Waals surface area (Å²) in [5.41, 5.74) is 2.00. The molecule has 6 nitrogen and oxygen atoms in total. The van der Waals surface area contributed by atoms with Crippen molar-refractivity contribution in [1.29, 1.82) is 0 Å². The van der Waals surface area contributed by atoms with E-state index < -0.39 is 10.0 Å². The number of benzene rings is 3. The molecule has 29 heavy (non-hydrogen) atoms. The molecule has 146 valence electrons. The number of para-hydroxylation sites is 2. The standard InChI is InChI=1S/C22H18N2O4S/c25-21(15-14-16-8-2-1-3-9-16)28-19-12-6-5-11-18(19)23-22-17-10-4-7-13-20(17)29(26,27)24-22/h1-13H,14-15H2,(H,23,24). The summed E-state index contributed by atoms with van der Waals surface area (Å²) in [5, 5.41) is 2.99. The minimum Gasteiger partial charge on any atom is -0.424 e. The fourth-order valence-electron chi connectivity index (χ4n) is 3.05. The molecule has 0 saturated heterocycles. The van der Waals surface area contributed by atoms with Gasteiger partial charge in [0, 0.05) is 12.0 Å². The topological polar surface area (TPSA) is 84.8 Å². The Kier molecular flexibility index (Phi) is 5.14. The smallest absolute Gasteiger partial charge is 0.311 e. The minimum absolute atomic E-state index is 0.153. The van der Waals surface area contributed by atoms with Crippen LogP contribution in [-0.4, -0.2) is 20.2 Å². The Bertz CT molecular complexity index is 1190. The molecule has 1 N–H and O–H groups in total. The minimum atomic E-state index is -3.73. The summed E-state index contributed by atoms with van der Waals surface area (Å²) < 4.78 is 33.8. The van der Waals surface area contributed by atoms with Crippen molar-refractivity contribution >= 4 is 27.5 Å². The van der Waals surface area contributed by atoms with E-state index in [-0.39, 0.29) is 23.1 Å². The fraction of sp³-hybridized carbons (Fsp3) is 0.0909. The van der Waals surface area contributed by atoms with Gasteiger partial charge in [-0.3, -0.25) is 4.79 Å². The van der Waals surface area contributed by atoms with Gasteiger partial charge in [-0.15, -0.1) is 4.40 Å². The van der Waals surface area contributed by atoms with Crippen LogP contribution >= 0.6 is 0 Å². The van der Waals surface area contributed by atoms with Crippen molar-refractivity contribution in [3.05, 3.63) is 90.0 Å². The average molecular weight is 406 g/mol. The van der Waals surface area contributed by atoms with Gasteiger partial charge in [0.2, 0.25) is 0 Å². The zero-order chi connectivity index (χ0) is 20.3. The number of aryl methyl sites for hydroxylation is 1. The Balaban J connectivity index is 1.50. The number of esters is 1. The predicted molar refractivity (Wildman–Crippen MR) is 111 cm³/mol. The molecule has 3 aromatic rings. The van der Waals surface area contributed by atoms with E-state index in [0.717, 1.165) is 5.56 Å². The Morgan fingerprint density at radius 1 is 0.897 bits per heavy atom. The van der Waals surface area contributed by atoms with E-state index in [1.807, 2.05) is 30.3 Å². The number of nitrogens with zero attached hydrogens (tertiary/aromatic N) is 1. The lowest BCUT2D eigenvalue weighted by Gasteiger charge is -2.12. The number of hydrogen-bond donors (Lipinski definition) is 1. The molecule has 0 radical (unpaired) electrons. The number of anilines is 1. The number of nitrogens with one attached hydrogen (secondary N) is 1. The fourth-order valence-corrected chi connectivity index (χ4v) is 4.22. The number of fused-ring (bicyclic) bond motifs is 1. The molecule has 1 heterocycles. The van der Waals surface area contributed by atoms with Gasteiger partial charge in [0.25, 0.3) is 10.0 Å². The van der Waals surface area contributed by atoms with Crippen LogP contribution in [0.5, 0.6) is 5.75 Å². The second-order valence-electron chi connectivity index (χ2n) is 6.49. The zero-order valence-corrected chi connectivity index (χ0v) is 16.2. The lowest BCUT2D eigenvalue weighted by molar-refractivity contribution is -0.134. The van der Waals surface area contributed by atoms with Crippen LogP contribution in [0, 0.1) is 0 Å². The monoisotopic (exact) mass is 406 g/mol. The molecule has 0 bridgehead atoms. The van der Waals surface area contributed by atoms with Crippen molar-refractivity contribution < 1.29 is 17.9 Å². The number of rotatable bonds is 5. The molecule has 3 aromatic carbocycles. The molecule has 7 heteroatoms. The van der Waals surface area contributed by atoms with Crippen molar-refractivity contribution in [2.45, 2.75) is 17.7 Å². The molecule has 0 aliphatic carbocycles. The number of amidine groups is 1. The summed E-state index contributed by atoms with van der Waals surface area (Å²) in [5.74, 6) is 0.146. The molecular formula is C22H18N2O4S. The van der Waals surface area contributed by atoms with Gasteiger partial charge >= 0.3 is 5.97 Å². The van der Waals surface area contributed by atoms with Crippen molar-refractivity contribution in [1.82, 2.24) is 0 Å². The van der Waals surface area contributed by atoms with Crippen molar-refractivity contribution in [2.75, 3.05) is 5.32 Å². The van der Waals surface area contributed by atoms with Crippen LogP contribution < -0.4 is 10.1 Å². The maximum absolute atomic E-state index is 12.3. The van der Waals surface area contributed by atoms with E-state index >= 15 is 0 Å². The zero-order valence-electron chi connectivity index (χ0n) is 15.4. The third-order valence-corrected chi connectivity index (χ3v) is 5.79. The third-order valence-electron chi connectivity index (χ3n) is 4.46. The van der Waals surface area contributed by atoms with Gasteiger partial charge < -0.3 is 10.1 Å². The molecule has 0 atom stereocenters.